The molecule has 0 aliphatic carbocycles. The van der Waals surface area contributed by atoms with E-state index in [9.17, 15) is 0 Å². The van der Waals surface area contributed by atoms with E-state index < -0.39 is 0 Å². The molecule has 0 fully saturated rings. The predicted molar refractivity (Wildman–Crippen MR) is 64.3 cm³/mol. The minimum Gasteiger partial charge on any atom is -0.348 e. The van der Waals surface area contributed by atoms with Crippen LogP contribution in [0.5, 0.6) is 0 Å². The minimum atomic E-state index is 0.0670. The number of rotatable bonds is 0. The van der Waals surface area contributed by atoms with Crippen LogP contribution in [0.25, 0.3) is 0 Å². The molecule has 0 saturated heterocycles. The fourth-order valence-electron chi connectivity index (χ4n) is 1.56. The molecule has 72 valence electrons. The Hall–Kier alpha value is -1.22. The van der Waals surface area contributed by atoms with Crippen molar-refractivity contribution in [3.8, 4) is 0 Å². The molecule has 1 aliphatic heterocycles. The van der Waals surface area contributed by atoms with Gasteiger partial charge in [0.2, 0.25) is 0 Å². The third-order valence-corrected chi connectivity index (χ3v) is 2.78. The van der Waals surface area contributed by atoms with Crippen molar-refractivity contribution in [3.05, 3.63) is 29.8 Å². The van der Waals surface area contributed by atoms with Crippen LogP contribution in [0.1, 0.15) is 19.4 Å². The zero-order valence-electron chi connectivity index (χ0n) is 8.24. The predicted octanol–water partition coefficient (Wildman–Crippen LogP) is 2.64. The maximum Gasteiger partial charge on any atom is 0.104 e. The highest BCUT2D eigenvalue weighted by Crippen LogP contribution is 2.20. The Morgan fingerprint density at radius 3 is 2.86 bits per heavy atom. The van der Waals surface area contributed by atoms with Gasteiger partial charge in [-0.1, -0.05) is 30.4 Å². The summed E-state index contributed by atoms with van der Waals surface area (Å²) in [5.74, 6) is 0. The van der Waals surface area contributed by atoms with Crippen molar-refractivity contribution in [1.82, 2.24) is 0 Å². The van der Waals surface area contributed by atoms with Gasteiger partial charge >= 0.3 is 0 Å². The molecule has 2 nitrogen and oxygen atoms in total. The second kappa shape index (κ2) is 3.50. The van der Waals surface area contributed by atoms with Gasteiger partial charge in [-0.2, -0.15) is 0 Å². The number of benzene rings is 1. The lowest BCUT2D eigenvalue weighted by Crippen LogP contribution is -2.19. The maximum absolute atomic E-state index is 5.23. The molecule has 1 N–H and O–H groups in total. The molecule has 0 amide bonds. The van der Waals surface area contributed by atoms with Gasteiger partial charge in [-0.15, -0.1) is 0 Å². The van der Waals surface area contributed by atoms with E-state index in [-0.39, 0.29) is 6.04 Å². The van der Waals surface area contributed by atoms with Crippen LogP contribution in [0.2, 0.25) is 0 Å². The molecule has 14 heavy (non-hydrogen) atoms. The van der Waals surface area contributed by atoms with Crippen molar-refractivity contribution < 1.29 is 0 Å². The van der Waals surface area contributed by atoms with Crippen LogP contribution in [0, 0.1) is 0 Å². The van der Waals surface area contributed by atoms with Gasteiger partial charge in [0.25, 0.3) is 0 Å². The lowest BCUT2D eigenvalue weighted by molar-refractivity contribution is 0.989. The molecule has 0 bridgehead atoms. The Kier molecular flexibility index (Phi) is 2.33. The average molecular weight is 204 g/mol. The minimum absolute atomic E-state index is 0.0670. The molecule has 1 unspecified atom stereocenters. The number of hydrogen-bond acceptors (Lipinski definition) is 2. The molecule has 3 heteroatoms. The first-order valence-corrected chi connectivity index (χ1v) is 5.04. The van der Waals surface area contributed by atoms with E-state index in [4.69, 9.17) is 12.2 Å². The Bertz CT molecular complexity index is 410. The summed E-state index contributed by atoms with van der Waals surface area (Å²) < 4.78 is 0. The van der Waals surface area contributed by atoms with E-state index in [2.05, 4.69) is 16.4 Å². The zero-order valence-corrected chi connectivity index (χ0v) is 9.06. The highest BCUT2D eigenvalue weighted by atomic mass is 32.1. The summed E-state index contributed by atoms with van der Waals surface area (Å²) in [6, 6.07) is 8.16. The van der Waals surface area contributed by atoms with Crippen LogP contribution >= 0.6 is 12.2 Å². The van der Waals surface area contributed by atoms with Gasteiger partial charge in [-0.3, -0.25) is 4.99 Å². The molecule has 1 atom stereocenters. The number of hydrogen-bond donors (Lipinski definition) is 1. The SMILES string of the molecule is CC1=NC(C)C(=S)Nc2ccccc21. The highest BCUT2D eigenvalue weighted by molar-refractivity contribution is 7.80. The summed E-state index contributed by atoms with van der Waals surface area (Å²) in [6.07, 6.45) is 0. The number of benzodiazepines with no additional fused rings is 1. The van der Waals surface area contributed by atoms with E-state index >= 15 is 0 Å². The van der Waals surface area contributed by atoms with E-state index in [0.717, 1.165) is 22.0 Å². The Morgan fingerprint density at radius 1 is 1.36 bits per heavy atom. The molecule has 2 rings (SSSR count). The normalized spacial score (nSPS) is 20.6. The second-order valence-corrected chi connectivity index (χ2v) is 3.87. The van der Waals surface area contributed by atoms with Crippen molar-refractivity contribution in [2.75, 3.05) is 5.32 Å². The van der Waals surface area contributed by atoms with Gasteiger partial charge in [0.1, 0.15) is 4.99 Å². The lowest BCUT2D eigenvalue weighted by atomic mass is 10.1. The number of aliphatic imine (C=N–C) groups is 1. The van der Waals surface area contributed by atoms with E-state index in [1.807, 2.05) is 32.0 Å². The smallest absolute Gasteiger partial charge is 0.104 e. The molecule has 1 aliphatic rings. The molecule has 1 heterocycles. The summed E-state index contributed by atoms with van der Waals surface area (Å²) in [6.45, 7) is 4.02. The number of anilines is 1. The summed E-state index contributed by atoms with van der Waals surface area (Å²) in [7, 11) is 0. The summed E-state index contributed by atoms with van der Waals surface area (Å²) in [5.41, 5.74) is 3.24. The first-order valence-electron chi connectivity index (χ1n) is 4.63. The van der Waals surface area contributed by atoms with Crippen LogP contribution in [-0.4, -0.2) is 16.7 Å². The van der Waals surface area contributed by atoms with Gasteiger partial charge in [-0.25, -0.2) is 0 Å². The van der Waals surface area contributed by atoms with E-state index in [1.54, 1.807) is 0 Å². The number of fused-ring (bicyclic) bond motifs is 1. The van der Waals surface area contributed by atoms with Crippen molar-refractivity contribution in [2.24, 2.45) is 4.99 Å². The Balaban J connectivity index is 2.55. The van der Waals surface area contributed by atoms with Crippen LogP contribution in [0.15, 0.2) is 29.3 Å². The number of thiocarbonyl (C=S) groups is 1. The first-order chi connectivity index (χ1) is 6.68. The average Bonchev–Trinajstić information content (AvgIpc) is 2.27. The molecule has 1 aromatic carbocycles. The maximum atomic E-state index is 5.23. The zero-order chi connectivity index (χ0) is 10.1. The van der Waals surface area contributed by atoms with Gasteiger partial charge in [0, 0.05) is 17.0 Å². The van der Waals surface area contributed by atoms with E-state index in [1.165, 1.54) is 0 Å². The topological polar surface area (TPSA) is 24.4 Å². The van der Waals surface area contributed by atoms with Crippen molar-refractivity contribution in [2.45, 2.75) is 19.9 Å². The van der Waals surface area contributed by atoms with Gasteiger partial charge in [0.15, 0.2) is 0 Å². The Morgan fingerprint density at radius 2 is 2.07 bits per heavy atom. The molecule has 1 aromatic rings. The van der Waals surface area contributed by atoms with Crippen LogP contribution in [-0.2, 0) is 0 Å². The van der Waals surface area contributed by atoms with Gasteiger partial charge < -0.3 is 5.32 Å². The van der Waals surface area contributed by atoms with Crippen LogP contribution in [0.4, 0.5) is 5.69 Å². The summed E-state index contributed by atoms with van der Waals surface area (Å²) in [4.78, 5) is 5.30. The third-order valence-electron chi connectivity index (χ3n) is 2.34. The molecule has 0 spiro atoms. The highest BCUT2D eigenvalue weighted by Gasteiger charge is 2.15. The van der Waals surface area contributed by atoms with Gasteiger partial charge in [-0.05, 0) is 19.9 Å². The standard InChI is InChI=1S/C11H12N2S/c1-7-9-5-3-4-6-10(9)13-11(14)8(2)12-7/h3-6,8H,1-2H3,(H,13,14). The molecule has 0 aromatic heterocycles. The summed E-state index contributed by atoms with van der Waals surface area (Å²) >= 11 is 5.23. The third kappa shape index (κ3) is 1.55. The Labute approximate surface area is 89.1 Å². The van der Waals surface area contributed by atoms with Crippen molar-refractivity contribution in [1.29, 1.82) is 0 Å². The monoisotopic (exact) mass is 204 g/mol. The fraction of sp³-hybridized carbons (Fsp3) is 0.273. The van der Waals surface area contributed by atoms with Crippen molar-refractivity contribution in [3.63, 3.8) is 0 Å². The fourth-order valence-corrected chi connectivity index (χ4v) is 1.73. The van der Waals surface area contributed by atoms with Gasteiger partial charge in [0.05, 0.1) is 6.04 Å². The van der Waals surface area contributed by atoms with E-state index in [0.29, 0.717) is 0 Å². The first kappa shape index (κ1) is 9.34. The molecule has 0 radical (unpaired) electrons. The van der Waals surface area contributed by atoms with Crippen LogP contribution < -0.4 is 5.32 Å². The number of para-hydroxylation sites is 1. The second-order valence-electron chi connectivity index (χ2n) is 3.43. The number of nitrogens with one attached hydrogen (secondary N) is 1. The quantitative estimate of drug-likeness (QED) is 0.657. The lowest BCUT2D eigenvalue weighted by Gasteiger charge is -2.08. The van der Waals surface area contributed by atoms with Crippen molar-refractivity contribution >= 4 is 28.6 Å². The molecule has 0 saturated carbocycles. The molecular formula is C11H12N2S. The molecular weight excluding hydrogens is 192 g/mol. The van der Waals surface area contributed by atoms with Crippen LogP contribution in [0.3, 0.4) is 0 Å². The largest absolute Gasteiger partial charge is 0.348 e. The summed E-state index contributed by atoms with van der Waals surface area (Å²) in [5, 5.41) is 3.22. The number of nitrogens with zero attached hydrogens (tertiary/aromatic N) is 1.